The summed E-state index contributed by atoms with van der Waals surface area (Å²) in [5.41, 5.74) is 0.117. The van der Waals surface area contributed by atoms with Gasteiger partial charge in [0.2, 0.25) is 0 Å². The van der Waals surface area contributed by atoms with Gasteiger partial charge in [0.15, 0.2) is 10.9 Å². The van der Waals surface area contributed by atoms with Gasteiger partial charge in [0.1, 0.15) is 0 Å². The molecule has 0 saturated carbocycles. The molecule has 5 nitrogen and oxygen atoms in total. The van der Waals surface area contributed by atoms with Crippen LogP contribution in [-0.4, -0.2) is 25.8 Å². The van der Waals surface area contributed by atoms with Crippen molar-refractivity contribution in [2.75, 3.05) is 0 Å². The quantitative estimate of drug-likeness (QED) is 0.667. The Morgan fingerprint density at radius 3 is 2.81 bits per heavy atom. The zero-order chi connectivity index (χ0) is 15.6. The molecule has 0 spiro atoms. The highest BCUT2D eigenvalue weighted by Gasteiger charge is 2.21. The lowest BCUT2D eigenvalue weighted by Gasteiger charge is -2.11. The summed E-state index contributed by atoms with van der Waals surface area (Å²) < 4.78 is 1.47. The highest BCUT2D eigenvalue weighted by atomic mass is 35.5. The summed E-state index contributed by atoms with van der Waals surface area (Å²) in [6.07, 6.45) is 0. The average molecular weight is 346 g/mol. The van der Waals surface area contributed by atoms with E-state index in [1.807, 2.05) is 6.92 Å². The number of ketones is 1. The molecule has 2 aromatic rings. The van der Waals surface area contributed by atoms with Crippen LogP contribution in [0.2, 0.25) is 10.0 Å². The van der Waals surface area contributed by atoms with Crippen molar-refractivity contribution in [3.8, 4) is 0 Å². The Balaban J connectivity index is 2.21. The molecule has 1 atom stereocenters. The van der Waals surface area contributed by atoms with Gasteiger partial charge in [-0.05, 0) is 32.0 Å². The van der Waals surface area contributed by atoms with E-state index >= 15 is 0 Å². The van der Waals surface area contributed by atoms with Crippen LogP contribution in [0.5, 0.6) is 0 Å². The van der Waals surface area contributed by atoms with E-state index in [0.717, 1.165) is 0 Å². The third kappa shape index (κ3) is 3.51. The predicted octanol–water partition coefficient (Wildman–Crippen LogP) is 3.26. The van der Waals surface area contributed by atoms with Gasteiger partial charge in [0.05, 0.1) is 10.3 Å². The zero-order valence-corrected chi connectivity index (χ0v) is 13.7. The molecule has 0 amide bonds. The summed E-state index contributed by atoms with van der Waals surface area (Å²) in [5, 5.41) is 7.14. The molecule has 0 saturated heterocycles. The van der Waals surface area contributed by atoms with Gasteiger partial charge in [-0.1, -0.05) is 35.0 Å². The first-order chi connectivity index (χ1) is 9.93. The number of H-pyrrole nitrogens is 1. The van der Waals surface area contributed by atoms with Crippen LogP contribution < -0.4 is 5.69 Å². The van der Waals surface area contributed by atoms with Gasteiger partial charge in [-0.2, -0.15) is 0 Å². The molecule has 0 bridgehead atoms. The molecule has 112 valence electrons. The third-order valence-corrected chi connectivity index (χ3v) is 4.53. The van der Waals surface area contributed by atoms with Gasteiger partial charge in [0.25, 0.3) is 0 Å². The van der Waals surface area contributed by atoms with Gasteiger partial charge in [-0.25, -0.2) is 9.89 Å². The number of aromatic nitrogens is 3. The molecule has 1 aromatic heterocycles. The monoisotopic (exact) mass is 345 g/mol. The minimum atomic E-state index is -0.427. The maximum absolute atomic E-state index is 12.4. The van der Waals surface area contributed by atoms with Crippen molar-refractivity contribution >= 4 is 40.7 Å². The Labute approximate surface area is 135 Å². The van der Waals surface area contributed by atoms with Crippen molar-refractivity contribution in [3.63, 3.8) is 0 Å². The van der Waals surface area contributed by atoms with Crippen LogP contribution in [0.1, 0.15) is 24.2 Å². The molecule has 21 heavy (non-hydrogen) atoms. The Kier molecular flexibility index (Phi) is 5.13. The van der Waals surface area contributed by atoms with E-state index in [1.165, 1.54) is 22.4 Å². The van der Waals surface area contributed by atoms with Gasteiger partial charge >= 0.3 is 5.69 Å². The summed E-state index contributed by atoms with van der Waals surface area (Å²) in [6.45, 7) is 4.07. The van der Waals surface area contributed by atoms with E-state index in [9.17, 15) is 9.59 Å². The first-order valence-corrected chi connectivity index (χ1v) is 7.88. The third-order valence-electron chi connectivity index (χ3n) is 2.89. The normalized spacial score (nSPS) is 12.4. The second-order valence-electron chi connectivity index (χ2n) is 4.30. The maximum Gasteiger partial charge on any atom is 0.343 e. The lowest BCUT2D eigenvalue weighted by molar-refractivity contribution is 0.0994. The fraction of sp³-hybridized carbons (Fsp3) is 0.308. The van der Waals surface area contributed by atoms with E-state index in [1.54, 1.807) is 19.1 Å². The standard InChI is InChI=1S/C13H13Cl2N3O2S/c1-3-18-12(20)16-17-13(18)21-7(2)11(19)9-5-4-8(14)6-10(9)15/h4-7H,3H2,1-2H3,(H,16,20). The Morgan fingerprint density at radius 1 is 1.48 bits per heavy atom. The van der Waals surface area contributed by atoms with Crippen LogP contribution in [0, 0.1) is 0 Å². The molecule has 2 rings (SSSR count). The van der Waals surface area contributed by atoms with Crippen LogP contribution in [0.15, 0.2) is 28.2 Å². The topological polar surface area (TPSA) is 67.8 Å². The van der Waals surface area contributed by atoms with Gasteiger partial charge in [-0.3, -0.25) is 9.36 Å². The summed E-state index contributed by atoms with van der Waals surface area (Å²) in [7, 11) is 0. The van der Waals surface area contributed by atoms with E-state index in [-0.39, 0.29) is 11.5 Å². The number of hydrogen-bond donors (Lipinski definition) is 1. The second kappa shape index (κ2) is 6.68. The predicted molar refractivity (Wildman–Crippen MR) is 84.6 cm³/mol. The summed E-state index contributed by atoms with van der Waals surface area (Å²) >= 11 is 13.1. The molecule has 0 aliphatic heterocycles. The number of halogens is 2. The van der Waals surface area contributed by atoms with E-state index in [2.05, 4.69) is 10.2 Å². The zero-order valence-electron chi connectivity index (χ0n) is 11.4. The highest BCUT2D eigenvalue weighted by molar-refractivity contribution is 8.00. The van der Waals surface area contributed by atoms with E-state index in [0.29, 0.717) is 27.3 Å². The van der Waals surface area contributed by atoms with Crippen molar-refractivity contribution < 1.29 is 4.79 Å². The summed E-state index contributed by atoms with van der Waals surface area (Å²) in [5.74, 6) is -0.139. The Hall–Kier alpha value is -1.24. The number of hydrogen-bond acceptors (Lipinski definition) is 4. The Bertz CT molecular complexity index is 726. The number of carbonyl (C=O) groups excluding carboxylic acids is 1. The van der Waals surface area contributed by atoms with Crippen LogP contribution in [-0.2, 0) is 6.54 Å². The number of nitrogens with zero attached hydrogens (tertiary/aromatic N) is 2. The highest BCUT2D eigenvalue weighted by Crippen LogP contribution is 2.27. The van der Waals surface area contributed by atoms with Crippen LogP contribution in [0.25, 0.3) is 0 Å². The van der Waals surface area contributed by atoms with E-state index in [4.69, 9.17) is 23.2 Å². The van der Waals surface area contributed by atoms with Gasteiger partial charge in [-0.15, -0.1) is 5.10 Å². The number of benzene rings is 1. The molecule has 0 aliphatic rings. The minimum absolute atomic E-state index is 0.139. The number of rotatable bonds is 5. The Morgan fingerprint density at radius 2 is 2.19 bits per heavy atom. The van der Waals surface area contributed by atoms with Crippen LogP contribution in [0.3, 0.4) is 0 Å². The largest absolute Gasteiger partial charge is 0.343 e. The van der Waals surface area contributed by atoms with E-state index < -0.39 is 5.25 Å². The van der Waals surface area contributed by atoms with Gasteiger partial charge in [0, 0.05) is 17.1 Å². The second-order valence-corrected chi connectivity index (χ2v) is 6.46. The van der Waals surface area contributed by atoms with Crippen molar-refractivity contribution in [2.45, 2.75) is 30.8 Å². The lowest BCUT2D eigenvalue weighted by atomic mass is 10.1. The first-order valence-electron chi connectivity index (χ1n) is 6.25. The molecule has 1 heterocycles. The van der Waals surface area contributed by atoms with Crippen molar-refractivity contribution in [3.05, 3.63) is 44.3 Å². The SMILES string of the molecule is CCn1c(SC(C)C(=O)c2ccc(Cl)cc2Cl)n[nH]c1=O. The van der Waals surface area contributed by atoms with Gasteiger partial charge < -0.3 is 0 Å². The maximum atomic E-state index is 12.4. The lowest BCUT2D eigenvalue weighted by Crippen LogP contribution is -2.18. The molecule has 1 unspecified atom stereocenters. The average Bonchev–Trinajstić information content (AvgIpc) is 2.78. The van der Waals surface area contributed by atoms with Crippen LogP contribution >= 0.6 is 35.0 Å². The van der Waals surface area contributed by atoms with Crippen molar-refractivity contribution in [2.24, 2.45) is 0 Å². The minimum Gasteiger partial charge on any atom is -0.293 e. The molecule has 0 fully saturated rings. The number of Topliss-reactive ketones (excluding diaryl/α,β-unsaturated/α-hetero) is 1. The smallest absolute Gasteiger partial charge is 0.293 e. The molecule has 0 aliphatic carbocycles. The molecular formula is C13H13Cl2N3O2S. The molecule has 1 N–H and O–H groups in total. The summed E-state index contributed by atoms with van der Waals surface area (Å²) in [4.78, 5) is 23.9. The molecular weight excluding hydrogens is 333 g/mol. The number of nitrogens with one attached hydrogen (secondary N) is 1. The number of thioether (sulfide) groups is 1. The number of carbonyl (C=O) groups is 1. The summed E-state index contributed by atoms with van der Waals surface area (Å²) in [6, 6.07) is 4.75. The fourth-order valence-corrected chi connectivity index (χ4v) is 3.28. The number of aromatic amines is 1. The van der Waals surface area contributed by atoms with Crippen LogP contribution in [0.4, 0.5) is 0 Å². The van der Waals surface area contributed by atoms with Crippen molar-refractivity contribution in [1.82, 2.24) is 14.8 Å². The fourth-order valence-electron chi connectivity index (χ4n) is 1.79. The molecule has 8 heteroatoms. The molecule has 1 aromatic carbocycles. The van der Waals surface area contributed by atoms with Crippen molar-refractivity contribution in [1.29, 1.82) is 0 Å². The first kappa shape index (κ1) is 16.1. The molecule has 0 radical (unpaired) electrons.